The summed E-state index contributed by atoms with van der Waals surface area (Å²) in [7, 11) is 0. The van der Waals surface area contributed by atoms with Gasteiger partial charge in [-0.05, 0) is 43.7 Å². The van der Waals surface area contributed by atoms with E-state index in [-0.39, 0.29) is 5.91 Å². The van der Waals surface area contributed by atoms with Gasteiger partial charge in [-0.2, -0.15) is 0 Å². The van der Waals surface area contributed by atoms with Crippen molar-refractivity contribution in [2.75, 3.05) is 19.7 Å². The molecule has 3 heteroatoms. The van der Waals surface area contributed by atoms with Crippen molar-refractivity contribution >= 4 is 5.91 Å². The Morgan fingerprint density at radius 2 is 2.20 bits per heavy atom. The lowest BCUT2D eigenvalue weighted by Crippen LogP contribution is -2.39. The van der Waals surface area contributed by atoms with Gasteiger partial charge in [-0.1, -0.05) is 25.1 Å². The van der Waals surface area contributed by atoms with E-state index < -0.39 is 0 Å². The second kappa shape index (κ2) is 7.32. The maximum absolute atomic E-state index is 12.1. The third-order valence-corrected chi connectivity index (χ3v) is 3.90. The molecule has 0 aromatic heterocycles. The number of aryl methyl sites for hydroxylation is 1. The van der Waals surface area contributed by atoms with E-state index in [1.54, 1.807) is 0 Å². The number of carbonyl (C=O) groups excluding carboxylic acids is 1. The predicted octanol–water partition coefficient (Wildman–Crippen LogP) is 3.41. The number of rotatable bonds is 5. The number of ether oxygens (including phenoxy) is 1. The first-order valence-electron chi connectivity index (χ1n) is 7.63. The zero-order valence-corrected chi connectivity index (χ0v) is 12.6. The Morgan fingerprint density at radius 1 is 1.40 bits per heavy atom. The molecule has 0 bridgehead atoms. The van der Waals surface area contributed by atoms with E-state index in [9.17, 15) is 4.79 Å². The van der Waals surface area contributed by atoms with Gasteiger partial charge in [0.25, 0.3) is 0 Å². The summed E-state index contributed by atoms with van der Waals surface area (Å²) in [6.07, 6.45) is 3.78. The monoisotopic (exact) mass is 275 g/mol. The molecule has 1 unspecified atom stereocenters. The van der Waals surface area contributed by atoms with Crippen molar-refractivity contribution in [3.8, 4) is 5.75 Å². The van der Waals surface area contributed by atoms with Gasteiger partial charge in [0.15, 0.2) is 0 Å². The molecule has 1 heterocycles. The van der Waals surface area contributed by atoms with Gasteiger partial charge in [0.05, 0.1) is 6.61 Å². The van der Waals surface area contributed by atoms with Gasteiger partial charge in [-0.25, -0.2) is 0 Å². The number of likely N-dealkylation sites (tertiary alicyclic amines) is 1. The molecule has 1 saturated heterocycles. The van der Waals surface area contributed by atoms with Crippen LogP contribution in [0, 0.1) is 12.8 Å². The first-order valence-corrected chi connectivity index (χ1v) is 7.63. The van der Waals surface area contributed by atoms with Crippen molar-refractivity contribution in [2.45, 2.75) is 39.5 Å². The number of carbonyl (C=O) groups is 1. The summed E-state index contributed by atoms with van der Waals surface area (Å²) in [6.45, 7) is 6.73. The lowest BCUT2D eigenvalue weighted by Gasteiger charge is -2.31. The van der Waals surface area contributed by atoms with Crippen LogP contribution < -0.4 is 4.74 Å². The lowest BCUT2D eigenvalue weighted by atomic mass is 10.00. The summed E-state index contributed by atoms with van der Waals surface area (Å²) < 4.78 is 5.72. The molecule has 3 nitrogen and oxygen atoms in total. The molecule has 0 aliphatic carbocycles. The second-order valence-electron chi connectivity index (χ2n) is 5.80. The average Bonchev–Trinajstić information content (AvgIpc) is 2.45. The van der Waals surface area contributed by atoms with Crippen LogP contribution in [0.2, 0.25) is 0 Å². The van der Waals surface area contributed by atoms with Crippen LogP contribution in [0.4, 0.5) is 0 Å². The largest absolute Gasteiger partial charge is 0.493 e. The highest BCUT2D eigenvalue weighted by molar-refractivity contribution is 5.76. The van der Waals surface area contributed by atoms with Crippen molar-refractivity contribution < 1.29 is 9.53 Å². The zero-order valence-electron chi connectivity index (χ0n) is 12.6. The van der Waals surface area contributed by atoms with Crippen LogP contribution in [-0.4, -0.2) is 30.5 Å². The minimum atomic E-state index is 0.282. The number of nitrogens with zero attached hydrogens (tertiary/aromatic N) is 1. The minimum Gasteiger partial charge on any atom is -0.493 e. The van der Waals surface area contributed by atoms with Gasteiger partial charge in [0.1, 0.15) is 5.75 Å². The molecule has 1 aromatic rings. The van der Waals surface area contributed by atoms with E-state index in [1.165, 1.54) is 6.42 Å². The Bertz CT molecular complexity index is 444. The van der Waals surface area contributed by atoms with Gasteiger partial charge in [-0.3, -0.25) is 4.79 Å². The van der Waals surface area contributed by atoms with Gasteiger partial charge < -0.3 is 9.64 Å². The number of hydrogen-bond donors (Lipinski definition) is 0. The number of hydrogen-bond acceptors (Lipinski definition) is 2. The van der Waals surface area contributed by atoms with Crippen LogP contribution in [0.5, 0.6) is 5.75 Å². The topological polar surface area (TPSA) is 29.5 Å². The summed E-state index contributed by atoms with van der Waals surface area (Å²) in [5, 5.41) is 0. The molecule has 2 rings (SSSR count). The molecule has 110 valence electrons. The molecule has 1 aliphatic heterocycles. The van der Waals surface area contributed by atoms with E-state index in [4.69, 9.17) is 4.74 Å². The first kappa shape index (κ1) is 14.9. The van der Waals surface area contributed by atoms with E-state index in [1.807, 2.05) is 36.1 Å². The van der Waals surface area contributed by atoms with Gasteiger partial charge in [0.2, 0.25) is 5.91 Å². The van der Waals surface area contributed by atoms with Gasteiger partial charge >= 0.3 is 0 Å². The SMILES string of the molecule is Cc1ccccc1OCCCC(=O)N1CCCC(C)C1. The second-order valence-corrected chi connectivity index (χ2v) is 5.80. The molecule has 1 amide bonds. The normalized spacial score (nSPS) is 18.9. The van der Waals surface area contributed by atoms with E-state index >= 15 is 0 Å². The highest BCUT2D eigenvalue weighted by Gasteiger charge is 2.20. The van der Waals surface area contributed by atoms with Crippen molar-refractivity contribution in [3.05, 3.63) is 29.8 Å². The summed E-state index contributed by atoms with van der Waals surface area (Å²) in [4.78, 5) is 14.1. The molecule has 1 fully saturated rings. The van der Waals surface area contributed by atoms with Crippen molar-refractivity contribution in [1.82, 2.24) is 4.90 Å². The number of amides is 1. The van der Waals surface area contributed by atoms with Gasteiger partial charge in [-0.15, -0.1) is 0 Å². The summed E-state index contributed by atoms with van der Waals surface area (Å²) in [6, 6.07) is 7.99. The maximum atomic E-state index is 12.1. The zero-order chi connectivity index (χ0) is 14.4. The summed E-state index contributed by atoms with van der Waals surface area (Å²) >= 11 is 0. The lowest BCUT2D eigenvalue weighted by molar-refractivity contribution is -0.133. The summed E-state index contributed by atoms with van der Waals surface area (Å²) in [5.41, 5.74) is 1.14. The van der Waals surface area contributed by atoms with E-state index in [2.05, 4.69) is 6.92 Å². The Morgan fingerprint density at radius 3 is 2.95 bits per heavy atom. The fourth-order valence-corrected chi connectivity index (χ4v) is 2.70. The standard InChI is InChI=1S/C17H25NO2/c1-14-7-5-11-18(13-14)17(19)10-6-12-20-16-9-4-3-8-15(16)2/h3-4,8-9,14H,5-7,10-13H2,1-2H3. The predicted molar refractivity (Wildman–Crippen MR) is 80.9 cm³/mol. The third-order valence-electron chi connectivity index (χ3n) is 3.90. The molecule has 1 aromatic carbocycles. The highest BCUT2D eigenvalue weighted by atomic mass is 16.5. The van der Waals surface area contributed by atoms with E-state index in [0.29, 0.717) is 18.9 Å². The fraction of sp³-hybridized carbons (Fsp3) is 0.588. The Balaban J connectivity index is 1.68. The average molecular weight is 275 g/mol. The minimum absolute atomic E-state index is 0.282. The van der Waals surface area contributed by atoms with Crippen molar-refractivity contribution in [2.24, 2.45) is 5.92 Å². The molecule has 0 spiro atoms. The number of para-hydroxylation sites is 1. The quantitative estimate of drug-likeness (QED) is 0.771. The molecule has 20 heavy (non-hydrogen) atoms. The molecule has 1 atom stereocenters. The van der Waals surface area contributed by atoms with Gasteiger partial charge in [0, 0.05) is 19.5 Å². The highest BCUT2D eigenvalue weighted by Crippen LogP contribution is 2.18. The smallest absolute Gasteiger partial charge is 0.222 e. The van der Waals surface area contributed by atoms with Crippen LogP contribution in [0.3, 0.4) is 0 Å². The third kappa shape index (κ3) is 4.26. The number of piperidine rings is 1. The van der Waals surface area contributed by atoms with Crippen LogP contribution in [0.25, 0.3) is 0 Å². The van der Waals surface area contributed by atoms with Crippen LogP contribution in [0.15, 0.2) is 24.3 Å². The van der Waals surface area contributed by atoms with Crippen molar-refractivity contribution in [3.63, 3.8) is 0 Å². The maximum Gasteiger partial charge on any atom is 0.222 e. The molecule has 0 saturated carbocycles. The Labute approximate surface area is 121 Å². The van der Waals surface area contributed by atoms with Crippen LogP contribution in [0.1, 0.15) is 38.2 Å². The molecular weight excluding hydrogens is 250 g/mol. The van der Waals surface area contributed by atoms with E-state index in [0.717, 1.165) is 37.2 Å². The first-order chi connectivity index (χ1) is 9.66. The fourth-order valence-electron chi connectivity index (χ4n) is 2.70. The molecule has 0 N–H and O–H groups in total. The molecule has 1 aliphatic rings. The van der Waals surface area contributed by atoms with Crippen molar-refractivity contribution in [1.29, 1.82) is 0 Å². The Kier molecular flexibility index (Phi) is 5.45. The number of benzene rings is 1. The van der Waals surface area contributed by atoms with Crippen LogP contribution in [-0.2, 0) is 4.79 Å². The Hall–Kier alpha value is -1.51. The summed E-state index contributed by atoms with van der Waals surface area (Å²) in [5.74, 6) is 1.85. The molecule has 0 radical (unpaired) electrons. The molecular formula is C17H25NO2. The van der Waals surface area contributed by atoms with Crippen LogP contribution >= 0.6 is 0 Å².